The zero-order chi connectivity index (χ0) is 15.5. The maximum absolute atomic E-state index is 5.49. The normalized spacial score (nSPS) is 11.6. The van der Waals surface area contributed by atoms with Crippen LogP contribution >= 0.6 is 0 Å². The van der Waals surface area contributed by atoms with Gasteiger partial charge in [0, 0.05) is 7.11 Å². The van der Waals surface area contributed by atoms with Gasteiger partial charge in [-0.15, -0.1) is 0 Å². The lowest BCUT2D eigenvalue weighted by Crippen LogP contribution is -2.11. The van der Waals surface area contributed by atoms with Crippen molar-refractivity contribution in [1.82, 2.24) is 15.0 Å². The number of benzene rings is 2. The molecule has 5 heteroatoms. The summed E-state index contributed by atoms with van der Waals surface area (Å²) in [6.07, 6.45) is 0. The Hall–Kier alpha value is -1.98. The van der Waals surface area contributed by atoms with Crippen molar-refractivity contribution in [2.45, 2.75) is 20.4 Å². The van der Waals surface area contributed by atoms with Gasteiger partial charge in [0.1, 0.15) is 11.0 Å². The molecule has 0 radical (unpaired) electrons. The van der Waals surface area contributed by atoms with Gasteiger partial charge in [-0.3, -0.25) is 0 Å². The molecule has 0 aliphatic rings. The van der Waals surface area contributed by atoms with Gasteiger partial charge in [0.05, 0.1) is 26.4 Å². The van der Waals surface area contributed by atoms with E-state index in [4.69, 9.17) is 9.47 Å². The van der Waals surface area contributed by atoms with E-state index in [1.165, 1.54) is 21.9 Å². The number of hydrogen-bond acceptors (Lipinski definition) is 4. The molecule has 0 saturated heterocycles. The highest BCUT2D eigenvalue weighted by Crippen LogP contribution is 2.29. The Morgan fingerprint density at radius 2 is 1.50 bits per heavy atom. The van der Waals surface area contributed by atoms with E-state index < -0.39 is 0 Å². The predicted molar refractivity (Wildman–Crippen MR) is 87.2 cm³/mol. The SMILES string of the molecule is COCCOCCn1nc2c(C)c3ccccc3c(C)c2n1. The summed E-state index contributed by atoms with van der Waals surface area (Å²) >= 11 is 0. The minimum Gasteiger partial charge on any atom is -0.382 e. The summed E-state index contributed by atoms with van der Waals surface area (Å²) in [7, 11) is 1.67. The van der Waals surface area contributed by atoms with Gasteiger partial charge < -0.3 is 9.47 Å². The van der Waals surface area contributed by atoms with E-state index in [1.807, 2.05) is 0 Å². The highest BCUT2D eigenvalue weighted by molar-refractivity contribution is 6.02. The molecular formula is C17H21N3O2. The first-order chi connectivity index (χ1) is 10.7. The van der Waals surface area contributed by atoms with Crippen LogP contribution in [0.5, 0.6) is 0 Å². The number of nitrogens with zero attached hydrogens (tertiary/aromatic N) is 3. The lowest BCUT2D eigenvalue weighted by Gasteiger charge is -2.05. The highest BCUT2D eigenvalue weighted by Gasteiger charge is 2.13. The van der Waals surface area contributed by atoms with Gasteiger partial charge in [-0.25, -0.2) is 0 Å². The number of ether oxygens (including phenoxy) is 2. The first-order valence-corrected chi connectivity index (χ1v) is 7.52. The Labute approximate surface area is 129 Å². The maximum Gasteiger partial charge on any atom is 0.117 e. The van der Waals surface area contributed by atoms with Crippen LogP contribution in [0.3, 0.4) is 0 Å². The third kappa shape index (κ3) is 2.69. The van der Waals surface area contributed by atoms with Crippen LogP contribution in [0.25, 0.3) is 21.8 Å². The van der Waals surface area contributed by atoms with E-state index in [-0.39, 0.29) is 0 Å². The fraction of sp³-hybridized carbons (Fsp3) is 0.412. The molecule has 3 rings (SSSR count). The Morgan fingerprint density at radius 3 is 2.05 bits per heavy atom. The summed E-state index contributed by atoms with van der Waals surface area (Å²) in [6, 6.07) is 8.41. The molecule has 1 heterocycles. The number of rotatable bonds is 6. The van der Waals surface area contributed by atoms with E-state index in [0.29, 0.717) is 26.4 Å². The monoisotopic (exact) mass is 299 g/mol. The average molecular weight is 299 g/mol. The lowest BCUT2D eigenvalue weighted by molar-refractivity contribution is 0.0640. The summed E-state index contributed by atoms with van der Waals surface area (Å²) in [5.41, 5.74) is 4.33. The highest BCUT2D eigenvalue weighted by atomic mass is 16.5. The van der Waals surface area contributed by atoms with Gasteiger partial charge in [-0.05, 0) is 35.7 Å². The summed E-state index contributed by atoms with van der Waals surface area (Å²) in [5, 5.41) is 11.8. The summed E-state index contributed by atoms with van der Waals surface area (Å²) in [6.45, 7) is 6.66. The second-order valence-electron chi connectivity index (χ2n) is 5.39. The quantitative estimate of drug-likeness (QED) is 0.657. The second kappa shape index (κ2) is 6.42. The molecule has 0 unspecified atom stereocenters. The minimum absolute atomic E-state index is 0.585. The van der Waals surface area contributed by atoms with E-state index >= 15 is 0 Å². The molecule has 0 aliphatic carbocycles. The molecular weight excluding hydrogens is 278 g/mol. The van der Waals surface area contributed by atoms with Crippen LogP contribution in [-0.4, -0.2) is 41.9 Å². The predicted octanol–water partition coefficient (Wildman–Crippen LogP) is 2.86. The molecule has 0 amide bonds. The Bertz CT molecular complexity index is 737. The number of aromatic nitrogens is 3. The van der Waals surface area contributed by atoms with E-state index in [9.17, 15) is 0 Å². The molecule has 0 bridgehead atoms. The number of fused-ring (bicyclic) bond motifs is 2. The van der Waals surface area contributed by atoms with Crippen LogP contribution in [0, 0.1) is 13.8 Å². The molecule has 22 heavy (non-hydrogen) atoms. The molecule has 0 N–H and O–H groups in total. The zero-order valence-electron chi connectivity index (χ0n) is 13.3. The Morgan fingerprint density at radius 1 is 0.909 bits per heavy atom. The van der Waals surface area contributed by atoms with Gasteiger partial charge >= 0.3 is 0 Å². The van der Waals surface area contributed by atoms with Crippen molar-refractivity contribution < 1.29 is 9.47 Å². The minimum atomic E-state index is 0.585. The van der Waals surface area contributed by atoms with Crippen LogP contribution in [-0.2, 0) is 16.0 Å². The van der Waals surface area contributed by atoms with Crippen molar-refractivity contribution in [3.63, 3.8) is 0 Å². The van der Waals surface area contributed by atoms with Crippen LogP contribution < -0.4 is 0 Å². The molecule has 5 nitrogen and oxygen atoms in total. The van der Waals surface area contributed by atoms with Crippen LogP contribution in [0.2, 0.25) is 0 Å². The maximum atomic E-state index is 5.49. The fourth-order valence-corrected chi connectivity index (χ4v) is 2.74. The van der Waals surface area contributed by atoms with Crippen molar-refractivity contribution in [1.29, 1.82) is 0 Å². The van der Waals surface area contributed by atoms with Crippen molar-refractivity contribution in [2.75, 3.05) is 26.9 Å². The van der Waals surface area contributed by atoms with Gasteiger partial charge in [-0.2, -0.15) is 15.0 Å². The molecule has 3 aromatic rings. The molecule has 116 valence electrons. The van der Waals surface area contributed by atoms with Gasteiger partial charge in [-0.1, -0.05) is 24.3 Å². The fourth-order valence-electron chi connectivity index (χ4n) is 2.74. The van der Waals surface area contributed by atoms with Gasteiger partial charge in [0.25, 0.3) is 0 Å². The van der Waals surface area contributed by atoms with E-state index in [2.05, 4.69) is 48.3 Å². The van der Waals surface area contributed by atoms with Gasteiger partial charge in [0.15, 0.2) is 0 Å². The molecule has 0 fully saturated rings. The van der Waals surface area contributed by atoms with Crippen molar-refractivity contribution in [3.05, 3.63) is 35.4 Å². The Kier molecular flexibility index (Phi) is 4.36. The molecule has 0 atom stereocenters. The van der Waals surface area contributed by atoms with Crippen molar-refractivity contribution in [2.24, 2.45) is 0 Å². The number of methoxy groups -OCH3 is 1. The summed E-state index contributed by atoms with van der Waals surface area (Å²) < 4.78 is 10.4. The second-order valence-corrected chi connectivity index (χ2v) is 5.39. The first kappa shape index (κ1) is 14.9. The van der Waals surface area contributed by atoms with E-state index in [0.717, 1.165) is 11.0 Å². The first-order valence-electron chi connectivity index (χ1n) is 7.52. The van der Waals surface area contributed by atoms with Crippen molar-refractivity contribution >= 4 is 21.8 Å². The number of hydrogen-bond donors (Lipinski definition) is 0. The van der Waals surface area contributed by atoms with Crippen LogP contribution in [0.1, 0.15) is 11.1 Å². The topological polar surface area (TPSA) is 49.2 Å². The molecule has 0 saturated carbocycles. The zero-order valence-corrected chi connectivity index (χ0v) is 13.3. The van der Waals surface area contributed by atoms with E-state index in [1.54, 1.807) is 11.9 Å². The average Bonchev–Trinajstić information content (AvgIpc) is 2.97. The smallest absolute Gasteiger partial charge is 0.117 e. The number of aryl methyl sites for hydroxylation is 2. The largest absolute Gasteiger partial charge is 0.382 e. The summed E-state index contributed by atoms with van der Waals surface area (Å²) in [4.78, 5) is 1.73. The standard InChI is InChI=1S/C17H21N3O2/c1-12-14-6-4-5-7-15(14)13(2)17-16(12)18-20(19-17)8-9-22-11-10-21-3/h4-7H,8-11H2,1-3H3. The lowest BCUT2D eigenvalue weighted by atomic mass is 9.99. The molecule has 0 aliphatic heterocycles. The third-order valence-corrected chi connectivity index (χ3v) is 3.97. The van der Waals surface area contributed by atoms with Crippen LogP contribution in [0.4, 0.5) is 0 Å². The Balaban J connectivity index is 1.91. The summed E-state index contributed by atoms with van der Waals surface area (Å²) in [5.74, 6) is 0. The van der Waals surface area contributed by atoms with Crippen molar-refractivity contribution in [3.8, 4) is 0 Å². The molecule has 1 aromatic heterocycles. The van der Waals surface area contributed by atoms with Crippen LogP contribution in [0.15, 0.2) is 24.3 Å². The third-order valence-electron chi connectivity index (χ3n) is 3.97. The molecule has 2 aromatic carbocycles. The van der Waals surface area contributed by atoms with Gasteiger partial charge in [0.2, 0.25) is 0 Å². The molecule has 0 spiro atoms.